The van der Waals surface area contributed by atoms with Crippen molar-refractivity contribution in [3.05, 3.63) is 64.7 Å². The van der Waals surface area contributed by atoms with Crippen LogP contribution in [0.3, 0.4) is 0 Å². The van der Waals surface area contributed by atoms with Gasteiger partial charge in [-0.2, -0.15) is 0 Å². The van der Waals surface area contributed by atoms with Crippen molar-refractivity contribution < 1.29 is 14.0 Å². The molecule has 24 heavy (non-hydrogen) atoms. The van der Waals surface area contributed by atoms with E-state index in [9.17, 15) is 14.0 Å². The molecule has 7 heteroatoms. The summed E-state index contributed by atoms with van der Waals surface area (Å²) >= 11 is 5.85. The van der Waals surface area contributed by atoms with Crippen LogP contribution in [0.2, 0.25) is 5.02 Å². The molecule has 0 spiro atoms. The van der Waals surface area contributed by atoms with Crippen LogP contribution in [0.5, 0.6) is 0 Å². The van der Waals surface area contributed by atoms with Gasteiger partial charge in [0.1, 0.15) is 5.82 Å². The average Bonchev–Trinajstić information content (AvgIpc) is 2.54. The van der Waals surface area contributed by atoms with Gasteiger partial charge in [0.05, 0.1) is 22.8 Å². The topological polar surface area (TPSA) is 62.3 Å². The summed E-state index contributed by atoms with van der Waals surface area (Å²) in [5.41, 5.74) is 0.550. The lowest BCUT2D eigenvalue weighted by Gasteiger charge is -2.21. The van der Waals surface area contributed by atoms with Crippen LogP contribution in [0.1, 0.15) is 23.0 Å². The lowest BCUT2D eigenvalue weighted by Crippen LogP contribution is -2.37. The van der Waals surface area contributed by atoms with Crippen LogP contribution in [-0.4, -0.2) is 34.8 Å². The van der Waals surface area contributed by atoms with Crippen molar-refractivity contribution in [1.29, 1.82) is 0 Å². The van der Waals surface area contributed by atoms with Crippen LogP contribution in [0, 0.1) is 5.82 Å². The van der Waals surface area contributed by atoms with E-state index in [0.717, 1.165) is 5.69 Å². The maximum Gasteiger partial charge on any atom is 0.255 e. The third-order valence-corrected chi connectivity index (χ3v) is 3.70. The number of nitrogens with one attached hydrogen (secondary N) is 1. The molecule has 0 aliphatic carbocycles. The molecule has 0 fully saturated rings. The summed E-state index contributed by atoms with van der Waals surface area (Å²) in [5, 5.41) is 2.62. The number of hydrogen-bond donors (Lipinski definition) is 1. The molecule has 0 radical (unpaired) electrons. The minimum absolute atomic E-state index is 0.0457. The second-order valence-corrected chi connectivity index (χ2v) is 5.52. The molecule has 0 aliphatic rings. The number of carbonyl (C=O) groups excluding carboxylic acids is 2. The maximum atomic E-state index is 13.7. The molecule has 0 unspecified atom stereocenters. The Balaban J connectivity index is 1.93. The normalized spacial score (nSPS) is 10.3. The first kappa shape index (κ1) is 17.9. The highest BCUT2D eigenvalue weighted by Crippen LogP contribution is 2.18. The SMILES string of the molecule is CC(=O)N(CCNC(=O)c1c(F)cccc1Cl)Cc1ccccn1. The number of aromatic nitrogens is 1. The number of benzene rings is 1. The average molecular weight is 350 g/mol. The van der Waals surface area contributed by atoms with Crippen LogP contribution in [-0.2, 0) is 11.3 Å². The summed E-state index contributed by atoms with van der Waals surface area (Å²) in [7, 11) is 0. The van der Waals surface area contributed by atoms with E-state index < -0.39 is 11.7 Å². The number of nitrogens with zero attached hydrogens (tertiary/aromatic N) is 2. The standard InChI is InChI=1S/C17H17ClFN3O2/c1-12(23)22(11-13-5-2-3-8-20-13)10-9-21-17(24)16-14(18)6-4-7-15(16)19/h2-8H,9-11H2,1H3,(H,21,24). The third-order valence-electron chi connectivity index (χ3n) is 3.38. The first-order valence-electron chi connectivity index (χ1n) is 7.36. The molecule has 1 aromatic carbocycles. The molecular weight excluding hydrogens is 333 g/mol. The van der Waals surface area contributed by atoms with Gasteiger partial charge in [-0.05, 0) is 24.3 Å². The third kappa shape index (κ3) is 4.76. The van der Waals surface area contributed by atoms with Gasteiger partial charge in [0.25, 0.3) is 5.91 Å². The number of rotatable bonds is 6. The highest BCUT2D eigenvalue weighted by molar-refractivity contribution is 6.33. The van der Waals surface area contributed by atoms with Crippen molar-refractivity contribution in [3.8, 4) is 0 Å². The minimum Gasteiger partial charge on any atom is -0.350 e. The first-order valence-corrected chi connectivity index (χ1v) is 7.74. The Bertz CT molecular complexity index is 705. The second-order valence-electron chi connectivity index (χ2n) is 5.11. The van der Waals surface area contributed by atoms with Crippen molar-refractivity contribution >= 4 is 23.4 Å². The summed E-state index contributed by atoms with van der Waals surface area (Å²) in [4.78, 5) is 29.5. The van der Waals surface area contributed by atoms with Gasteiger partial charge in [-0.15, -0.1) is 0 Å². The predicted molar refractivity (Wildman–Crippen MR) is 89.1 cm³/mol. The molecule has 2 aromatic rings. The van der Waals surface area contributed by atoms with Gasteiger partial charge in [0.2, 0.25) is 5.91 Å². The van der Waals surface area contributed by atoms with Crippen LogP contribution in [0.25, 0.3) is 0 Å². The van der Waals surface area contributed by atoms with Gasteiger partial charge in [-0.25, -0.2) is 4.39 Å². The molecule has 5 nitrogen and oxygen atoms in total. The Hall–Kier alpha value is -2.47. The number of carbonyl (C=O) groups is 2. The highest BCUT2D eigenvalue weighted by Gasteiger charge is 2.16. The first-order chi connectivity index (χ1) is 11.5. The van der Waals surface area contributed by atoms with E-state index in [1.54, 1.807) is 17.2 Å². The van der Waals surface area contributed by atoms with Gasteiger partial charge < -0.3 is 10.2 Å². The molecule has 1 heterocycles. The molecule has 1 aromatic heterocycles. The highest BCUT2D eigenvalue weighted by atomic mass is 35.5. The van der Waals surface area contributed by atoms with E-state index in [1.807, 2.05) is 12.1 Å². The lowest BCUT2D eigenvalue weighted by molar-refractivity contribution is -0.129. The van der Waals surface area contributed by atoms with Gasteiger partial charge in [0.15, 0.2) is 0 Å². The molecule has 0 bridgehead atoms. The second kappa shape index (κ2) is 8.40. The van der Waals surface area contributed by atoms with Gasteiger partial charge in [0, 0.05) is 26.2 Å². The van der Waals surface area contributed by atoms with Crippen LogP contribution < -0.4 is 5.32 Å². The zero-order valence-electron chi connectivity index (χ0n) is 13.1. The molecule has 2 amide bonds. The smallest absolute Gasteiger partial charge is 0.255 e. The fourth-order valence-electron chi connectivity index (χ4n) is 2.14. The van der Waals surface area contributed by atoms with Crippen LogP contribution >= 0.6 is 11.6 Å². The summed E-state index contributed by atoms with van der Waals surface area (Å²) in [6.07, 6.45) is 1.65. The van der Waals surface area contributed by atoms with E-state index >= 15 is 0 Å². The summed E-state index contributed by atoms with van der Waals surface area (Å²) in [6, 6.07) is 9.49. The van der Waals surface area contributed by atoms with Gasteiger partial charge >= 0.3 is 0 Å². The Kier molecular flexibility index (Phi) is 6.26. The predicted octanol–water partition coefficient (Wildman–Crippen LogP) is 2.65. The van der Waals surface area contributed by atoms with Crippen LogP contribution in [0.4, 0.5) is 4.39 Å². The fraction of sp³-hybridized carbons (Fsp3) is 0.235. The Morgan fingerprint density at radius 1 is 1.25 bits per heavy atom. The fourth-order valence-corrected chi connectivity index (χ4v) is 2.39. The lowest BCUT2D eigenvalue weighted by atomic mass is 10.2. The van der Waals surface area contributed by atoms with Crippen LogP contribution in [0.15, 0.2) is 42.6 Å². The summed E-state index contributed by atoms with van der Waals surface area (Å²) in [5.74, 6) is -1.44. The molecule has 126 valence electrons. The van der Waals surface area contributed by atoms with Crippen molar-refractivity contribution in [2.45, 2.75) is 13.5 Å². The van der Waals surface area contributed by atoms with Crippen molar-refractivity contribution in [2.75, 3.05) is 13.1 Å². The summed E-state index contributed by atoms with van der Waals surface area (Å²) < 4.78 is 13.7. The van der Waals surface area contributed by atoms with Gasteiger partial charge in [-0.3, -0.25) is 14.6 Å². The zero-order chi connectivity index (χ0) is 17.5. The Morgan fingerprint density at radius 3 is 2.67 bits per heavy atom. The molecule has 0 saturated carbocycles. The molecule has 0 saturated heterocycles. The van der Waals surface area contributed by atoms with E-state index in [2.05, 4.69) is 10.3 Å². The summed E-state index contributed by atoms with van der Waals surface area (Å²) in [6.45, 7) is 2.24. The molecule has 0 atom stereocenters. The number of halogens is 2. The maximum absolute atomic E-state index is 13.7. The van der Waals surface area contributed by atoms with Crippen molar-refractivity contribution in [2.24, 2.45) is 0 Å². The van der Waals surface area contributed by atoms with E-state index in [-0.39, 0.29) is 29.6 Å². The Morgan fingerprint density at radius 2 is 2.04 bits per heavy atom. The van der Waals surface area contributed by atoms with E-state index in [1.165, 1.54) is 25.1 Å². The molecule has 2 rings (SSSR count). The van der Waals surface area contributed by atoms with Crippen molar-refractivity contribution in [3.63, 3.8) is 0 Å². The molecular formula is C17H17ClFN3O2. The Labute approximate surface area is 144 Å². The number of hydrogen-bond acceptors (Lipinski definition) is 3. The zero-order valence-corrected chi connectivity index (χ0v) is 13.9. The monoisotopic (exact) mass is 349 g/mol. The quantitative estimate of drug-likeness (QED) is 0.872. The number of amides is 2. The van der Waals surface area contributed by atoms with E-state index in [0.29, 0.717) is 6.54 Å². The molecule has 0 aliphatic heterocycles. The largest absolute Gasteiger partial charge is 0.350 e. The van der Waals surface area contributed by atoms with Crippen molar-refractivity contribution in [1.82, 2.24) is 15.2 Å². The van der Waals surface area contributed by atoms with Gasteiger partial charge in [-0.1, -0.05) is 23.7 Å². The number of pyridine rings is 1. The van der Waals surface area contributed by atoms with E-state index in [4.69, 9.17) is 11.6 Å². The molecule has 1 N–H and O–H groups in total. The minimum atomic E-state index is -0.683.